The minimum Gasteiger partial charge on any atom is -0.457 e. The van der Waals surface area contributed by atoms with Crippen LogP contribution in [0.5, 0.6) is 11.5 Å². The van der Waals surface area contributed by atoms with Crippen LogP contribution in [0.25, 0.3) is 0 Å². The number of anilines is 1. The van der Waals surface area contributed by atoms with Crippen LogP contribution in [-0.4, -0.2) is 18.2 Å². The van der Waals surface area contributed by atoms with E-state index in [1.165, 1.54) is 12.8 Å². The first kappa shape index (κ1) is 14.2. The van der Waals surface area contributed by atoms with Crippen LogP contribution in [0, 0.1) is 0 Å². The van der Waals surface area contributed by atoms with E-state index in [1.807, 2.05) is 24.3 Å². The number of hydrogen-bond acceptors (Lipinski definition) is 3. The monoisotopic (exact) mass is 303 g/mol. The van der Waals surface area contributed by atoms with Gasteiger partial charge in [-0.2, -0.15) is 0 Å². The summed E-state index contributed by atoms with van der Waals surface area (Å²) in [7, 11) is 0. The molecule has 0 aliphatic carbocycles. The Morgan fingerprint density at radius 1 is 1.05 bits per heavy atom. The molecular weight excluding hydrogens is 286 g/mol. The Balaban J connectivity index is 1.82. The quantitative estimate of drug-likeness (QED) is 0.917. The molecule has 3 rings (SSSR count). The van der Waals surface area contributed by atoms with Crippen LogP contribution in [0.15, 0.2) is 42.5 Å². The van der Waals surface area contributed by atoms with E-state index < -0.39 is 0 Å². The largest absolute Gasteiger partial charge is 0.457 e. The molecule has 0 aromatic heterocycles. The van der Waals surface area contributed by atoms with E-state index in [9.17, 15) is 5.11 Å². The third kappa shape index (κ3) is 3.31. The standard InChI is InChI=1S/C17H18ClNO2/c18-14-3-6-16(7-4-14)21-17-8-5-15(11-13(17)12-20)19-9-1-2-10-19/h3-8,11,20H,1-2,9-10,12H2. The number of halogens is 1. The number of aliphatic hydroxyl groups excluding tert-OH is 1. The normalized spacial score (nSPS) is 14.5. The fraction of sp³-hybridized carbons (Fsp3) is 0.294. The molecule has 1 aliphatic heterocycles. The average molecular weight is 304 g/mol. The SMILES string of the molecule is OCc1cc(N2CCCC2)ccc1Oc1ccc(Cl)cc1. The summed E-state index contributed by atoms with van der Waals surface area (Å²) in [6.07, 6.45) is 2.47. The molecule has 0 saturated carbocycles. The van der Waals surface area contributed by atoms with Crippen molar-refractivity contribution in [2.24, 2.45) is 0 Å². The van der Waals surface area contributed by atoms with Gasteiger partial charge < -0.3 is 14.7 Å². The van der Waals surface area contributed by atoms with E-state index in [0.717, 1.165) is 24.3 Å². The molecule has 0 amide bonds. The molecule has 3 nitrogen and oxygen atoms in total. The Kier molecular flexibility index (Phi) is 4.32. The average Bonchev–Trinajstić information content (AvgIpc) is 3.04. The molecular formula is C17H18ClNO2. The van der Waals surface area contributed by atoms with Crippen molar-refractivity contribution in [2.75, 3.05) is 18.0 Å². The third-order valence-corrected chi connectivity index (χ3v) is 3.98. The molecule has 2 aromatic carbocycles. The Morgan fingerprint density at radius 3 is 2.43 bits per heavy atom. The number of ether oxygens (including phenoxy) is 1. The van der Waals surface area contributed by atoms with E-state index >= 15 is 0 Å². The number of aliphatic hydroxyl groups is 1. The molecule has 0 bridgehead atoms. The van der Waals surface area contributed by atoms with Crippen LogP contribution in [0.4, 0.5) is 5.69 Å². The lowest BCUT2D eigenvalue weighted by atomic mass is 10.1. The first-order valence-electron chi connectivity index (χ1n) is 7.18. The van der Waals surface area contributed by atoms with Gasteiger partial charge >= 0.3 is 0 Å². The first-order chi connectivity index (χ1) is 10.3. The maximum Gasteiger partial charge on any atom is 0.133 e. The summed E-state index contributed by atoms with van der Waals surface area (Å²) in [6, 6.07) is 13.2. The maximum atomic E-state index is 9.59. The molecule has 4 heteroatoms. The topological polar surface area (TPSA) is 32.7 Å². The van der Waals surface area contributed by atoms with Crippen molar-refractivity contribution in [2.45, 2.75) is 19.4 Å². The predicted molar refractivity (Wildman–Crippen MR) is 85.3 cm³/mol. The van der Waals surface area contributed by atoms with Gasteiger partial charge in [0.2, 0.25) is 0 Å². The Bertz CT molecular complexity index is 607. The Morgan fingerprint density at radius 2 is 1.76 bits per heavy atom. The van der Waals surface area contributed by atoms with Crippen molar-refractivity contribution >= 4 is 17.3 Å². The van der Waals surface area contributed by atoms with Crippen LogP contribution < -0.4 is 9.64 Å². The first-order valence-corrected chi connectivity index (χ1v) is 7.56. The summed E-state index contributed by atoms with van der Waals surface area (Å²) >= 11 is 5.87. The number of nitrogens with zero attached hydrogens (tertiary/aromatic N) is 1. The predicted octanol–water partition coefficient (Wildman–Crippen LogP) is 4.22. The van der Waals surface area contributed by atoms with E-state index in [4.69, 9.17) is 16.3 Å². The van der Waals surface area contributed by atoms with Crippen molar-refractivity contribution in [1.82, 2.24) is 0 Å². The van der Waals surface area contributed by atoms with E-state index in [-0.39, 0.29) is 6.61 Å². The lowest BCUT2D eigenvalue weighted by Crippen LogP contribution is -2.17. The lowest BCUT2D eigenvalue weighted by Gasteiger charge is -2.19. The molecule has 1 N–H and O–H groups in total. The zero-order chi connectivity index (χ0) is 14.7. The van der Waals surface area contributed by atoms with Crippen molar-refractivity contribution in [3.63, 3.8) is 0 Å². The van der Waals surface area contributed by atoms with Gasteiger partial charge in [0.15, 0.2) is 0 Å². The van der Waals surface area contributed by atoms with Gasteiger partial charge in [-0.1, -0.05) is 11.6 Å². The van der Waals surface area contributed by atoms with Crippen molar-refractivity contribution < 1.29 is 9.84 Å². The zero-order valence-electron chi connectivity index (χ0n) is 11.8. The molecule has 0 unspecified atom stereocenters. The number of hydrogen-bond donors (Lipinski definition) is 1. The third-order valence-electron chi connectivity index (χ3n) is 3.73. The second kappa shape index (κ2) is 6.37. The summed E-state index contributed by atoms with van der Waals surface area (Å²) < 4.78 is 5.84. The van der Waals surface area contributed by atoms with E-state index in [2.05, 4.69) is 11.0 Å². The van der Waals surface area contributed by atoms with Gasteiger partial charge in [0.1, 0.15) is 11.5 Å². The van der Waals surface area contributed by atoms with Crippen LogP contribution in [0.2, 0.25) is 5.02 Å². The zero-order valence-corrected chi connectivity index (χ0v) is 12.5. The summed E-state index contributed by atoms with van der Waals surface area (Å²) in [5.41, 5.74) is 1.95. The molecule has 21 heavy (non-hydrogen) atoms. The molecule has 1 heterocycles. The second-order valence-corrected chi connectivity index (χ2v) is 5.64. The molecule has 0 radical (unpaired) electrons. The van der Waals surface area contributed by atoms with Gasteiger partial charge in [-0.3, -0.25) is 0 Å². The smallest absolute Gasteiger partial charge is 0.133 e. The fourth-order valence-electron chi connectivity index (χ4n) is 2.59. The van der Waals surface area contributed by atoms with Gasteiger partial charge in [-0.05, 0) is 55.3 Å². The summed E-state index contributed by atoms with van der Waals surface area (Å²) in [4.78, 5) is 2.34. The number of benzene rings is 2. The highest BCUT2D eigenvalue weighted by molar-refractivity contribution is 6.30. The van der Waals surface area contributed by atoms with Crippen molar-refractivity contribution in [3.05, 3.63) is 53.1 Å². The van der Waals surface area contributed by atoms with Crippen LogP contribution in [0.3, 0.4) is 0 Å². The van der Waals surface area contributed by atoms with Crippen LogP contribution in [0.1, 0.15) is 18.4 Å². The summed E-state index contributed by atoms with van der Waals surface area (Å²) in [5.74, 6) is 1.39. The fourth-order valence-corrected chi connectivity index (χ4v) is 2.72. The van der Waals surface area contributed by atoms with Gasteiger partial charge in [0.25, 0.3) is 0 Å². The van der Waals surface area contributed by atoms with Crippen LogP contribution in [-0.2, 0) is 6.61 Å². The molecule has 0 atom stereocenters. The molecule has 110 valence electrons. The number of rotatable bonds is 4. The highest BCUT2D eigenvalue weighted by atomic mass is 35.5. The Hall–Kier alpha value is -1.71. The molecule has 1 fully saturated rings. The van der Waals surface area contributed by atoms with Crippen molar-refractivity contribution in [1.29, 1.82) is 0 Å². The maximum absolute atomic E-state index is 9.59. The van der Waals surface area contributed by atoms with Gasteiger partial charge in [0, 0.05) is 29.4 Å². The lowest BCUT2D eigenvalue weighted by molar-refractivity contribution is 0.276. The second-order valence-electron chi connectivity index (χ2n) is 5.20. The molecule has 2 aromatic rings. The minimum atomic E-state index is -0.0371. The highest BCUT2D eigenvalue weighted by Gasteiger charge is 2.14. The Labute approximate surface area is 129 Å². The molecule has 1 saturated heterocycles. The van der Waals surface area contributed by atoms with E-state index in [1.54, 1.807) is 12.1 Å². The molecule has 0 spiro atoms. The summed E-state index contributed by atoms with van der Waals surface area (Å²) in [6.45, 7) is 2.13. The van der Waals surface area contributed by atoms with Crippen LogP contribution >= 0.6 is 11.6 Å². The summed E-state index contributed by atoms with van der Waals surface area (Å²) in [5, 5.41) is 10.3. The van der Waals surface area contributed by atoms with Gasteiger partial charge in [0.05, 0.1) is 6.61 Å². The van der Waals surface area contributed by atoms with E-state index in [0.29, 0.717) is 16.5 Å². The van der Waals surface area contributed by atoms with Gasteiger partial charge in [-0.15, -0.1) is 0 Å². The molecule has 1 aliphatic rings. The van der Waals surface area contributed by atoms with Crippen molar-refractivity contribution in [3.8, 4) is 11.5 Å². The van der Waals surface area contributed by atoms with Gasteiger partial charge in [-0.25, -0.2) is 0 Å². The minimum absolute atomic E-state index is 0.0371. The highest BCUT2D eigenvalue weighted by Crippen LogP contribution is 2.31.